The molecule has 0 fully saturated rings. The summed E-state index contributed by atoms with van der Waals surface area (Å²) in [7, 11) is 0. The number of nitrogens with one attached hydrogen (secondary N) is 1. The van der Waals surface area contributed by atoms with Gasteiger partial charge in [0.1, 0.15) is 11.5 Å². The zero-order chi connectivity index (χ0) is 18.2. The van der Waals surface area contributed by atoms with Gasteiger partial charge >= 0.3 is 6.61 Å². The first kappa shape index (κ1) is 18.7. The second kappa shape index (κ2) is 8.98. The zero-order valence-corrected chi connectivity index (χ0v) is 14.0. The molecule has 1 amide bonds. The molecule has 0 spiro atoms. The number of halogens is 3. The van der Waals surface area contributed by atoms with Crippen molar-refractivity contribution in [2.75, 3.05) is 6.61 Å². The van der Waals surface area contributed by atoms with Gasteiger partial charge in [-0.3, -0.25) is 4.79 Å². The molecule has 132 valence electrons. The number of amides is 1. The first-order valence-corrected chi connectivity index (χ1v) is 7.59. The van der Waals surface area contributed by atoms with Crippen molar-refractivity contribution in [2.24, 2.45) is 5.10 Å². The summed E-state index contributed by atoms with van der Waals surface area (Å²) in [4.78, 5) is 11.8. The average molecular weight is 369 g/mol. The van der Waals surface area contributed by atoms with Gasteiger partial charge in [0.15, 0.2) is 6.61 Å². The minimum Gasteiger partial charge on any atom is -0.484 e. The van der Waals surface area contributed by atoms with E-state index in [1.54, 1.807) is 49.4 Å². The molecule has 0 saturated heterocycles. The van der Waals surface area contributed by atoms with Gasteiger partial charge in [0.05, 0.1) is 5.71 Å². The molecule has 2 aromatic carbocycles. The Morgan fingerprint density at radius 3 is 2.56 bits per heavy atom. The second-order valence-corrected chi connectivity index (χ2v) is 5.29. The Morgan fingerprint density at radius 1 is 1.20 bits per heavy atom. The van der Waals surface area contributed by atoms with Gasteiger partial charge in [-0.25, -0.2) is 5.43 Å². The topological polar surface area (TPSA) is 59.9 Å². The van der Waals surface area contributed by atoms with Crippen LogP contribution in [0.3, 0.4) is 0 Å². The number of ether oxygens (including phenoxy) is 2. The molecule has 0 aliphatic heterocycles. The van der Waals surface area contributed by atoms with Gasteiger partial charge in [0.2, 0.25) is 0 Å². The lowest BCUT2D eigenvalue weighted by Crippen LogP contribution is -2.25. The van der Waals surface area contributed by atoms with Crippen molar-refractivity contribution in [3.05, 3.63) is 59.1 Å². The van der Waals surface area contributed by atoms with Gasteiger partial charge in [-0.15, -0.1) is 0 Å². The molecule has 5 nitrogen and oxygen atoms in total. The number of para-hydroxylation sites is 1. The summed E-state index contributed by atoms with van der Waals surface area (Å²) in [6.07, 6.45) is 0. The Kier molecular flexibility index (Phi) is 6.71. The lowest BCUT2D eigenvalue weighted by molar-refractivity contribution is -0.123. The maximum atomic E-state index is 12.4. The van der Waals surface area contributed by atoms with Gasteiger partial charge < -0.3 is 9.47 Å². The number of alkyl halides is 2. The Hall–Kier alpha value is -2.67. The minimum absolute atomic E-state index is 0.0228. The Balaban J connectivity index is 1.94. The van der Waals surface area contributed by atoms with Gasteiger partial charge in [-0.1, -0.05) is 23.7 Å². The van der Waals surface area contributed by atoms with Crippen LogP contribution in [-0.2, 0) is 4.79 Å². The highest BCUT2D eigenvalue weighted by Gasteiger charge is 2.11. The Bertz CT molecular complexity index is 752. The highest BCUT2D eigenvalue weighted by atomic mass is 35.5. The van der Waals surface area contributed by atoms with E-state index in [1.165, 1.54) is 6.07 Å². The summed E-state index contributed by atoms with van der Waals surface area (Å²) in [5.41, 5.74) is 2.96. The van der Waals surface area contributed by atoms with E-state index >= 15 is 0 Å². The van der Waals surface area contributed by atoms with E-state index in [1.807, 2.05) is 0 Å². The summed E-state index contributed by atoms with van der Waals surface area (Å²) in [6, 6.07) is 12.7. The predicted molar refractivity (Wildman–Crippen MR) is 90.4 cm³/mol. The maximum Gasteiger partial charge on any atom is 0.387 e. The highest BCUT2D eigenvalue weighted by Crippen LogP contribution is 2.21. The third-order valence-electron chi connectivity index (χ3n) is 3.02. The number of rotatable bonds is 7. The van der Waals surface area contributed by atoms with E-state index < -0.39 is 12.5 Å². The fraction of sp³-hybridized carbons (Fsp3) is 0.176. The molecular weight excluding hydrogens is 354 g/mol. The van der Waals surface area contributed by atoms with Crippen LogP contribution in [-0.4, -0.2) is 24.8 Å². The summed E-state index contributed by atoms with van der Waals surface area (Å²) in [6.45, 7) is -1.64. The van der Waals surface area contributed by atoms with Crippen molar-refractivity contribution >= 4 is 23.2 Å². The van der Waals surface area contributed by atoms with E-state index in [4.69, 9.17) is 16.3 Å². The van der Waals surface area contributed by atoms with E-state index in [0.29, 0.717) is 22.0 Å². The number of hydrogen-bond donors (Lipinski definition) is 1. The summed E-state index contributed by atoms with van der Waals surface area (Å²) < 4.78 is 34.5. The molecule has 0 unspecified atom stereocenters. The lowest BCUT2D eigenvalue weighted by Gasteiger charge is -2.10. The van der Waals surface area contributed by atoms with E-state index in [9.17, 15) is 13.6 Å². The number of carbonyl (C=O) groups excluding carboxylic acids is 1. The fourth-order valence-electron chi connectivity index (χ4n) is 1.88. The molecule has 2 rings (SSSR count). The van der Waals surface area contributed by atoms with Crippen LogP contribution in [0, 0.1) is 0 Å². The molecular formula is C17H15ClF2N2O3. The largest absolute Gasteiger partial charge is 0.484 e. The number of hydrogen-bond acceptors (Lipinski definition) is 4. The summed E-state index contributed by atoms with van der Waals surface area (Å²) in [5.74, 6) is -0.0390. The Labute approximate surface area is 148 Å². The standard InChI is InChI=1S/C17H15ClF2N2O3/c1-11(14-4-2-3-5-15(14)25-17(19)20)21-22-16(23)10-24-13-8-6-12(18)7-9-13/h2-9,17H,10H2,1H3,(H,22,23)/b21-11+. The SMILES string of the molecule is C/C(=N\NC(=O)COc1ccc(Cl)cc1)c1ccccc1OC(F)F. The van der Waals surface area contributed by atoms with Crippen LogP contribution in [0.25, 0.3) is 0 Å². The zero-order valence-electron chi connectivity index (χ0n) is 13.2. The molecule has 0 aromatic heterocycles. The summed E-state index contributed by atoms with van der Waals surface area (Å²) >= 11 is 5.75. The molecule has 25 heavy (non-hydrogen) atoms. The third kappa shape index (κ3) is 6.04. The van der Waals surface area contributed by atoms with Crippen LogP contribution in [0.4, 0.5) is 8.78 Å². The van der Waals surface area contributed by atoms with Crippen LogP contribution in [0.1, 0.15) is 12.5 Å². The lowest BCUT2D eigenvalue weighted by atomic mass is 10.1. The van der Waals surface area contributed by atoms with Crippen molar-refractivity contribution in [2.45, 2.75) is 13.5 Å². The molecule has 0 aliphatic rings. The minimum atomic E-state index is -2.95. The first-order chi connectivity index (χ1) is 12.0. The van der Waals surface area contributed by atoms with Crippen LogP contribution >= 0.6 is 11.6 Å². The Morgan fingerprint density at radius 2 is 1.88 bits per heavy atom. The van der Waals surface area contributed by atoms with Crippen LogP contribution in [0.15, 0.2) is 53.6 Å². The predicted octanol–water partition coefficient (Wildman–Crippen LogP) is 3.86. The second-order valence-electron chi connectivity index (χ2n) is 4.85. The van der Waals surface area contributed by atoms with E-state index in [2.05, 4.69) is 15.3 Å². The number of benzene rings is 2. The van der Waals surface area contributed by atoms with Crippen molar-refractivity contribution in [1.82, 2.24) is 5.43 Å². The molecule has 0 saturated carbocycles. The molecule has 0 radical (unpaired) electrons. The smallest absolute Gasteiger partial charge is 0.387 e. The summed E-state index contributed by atoms with van der Waals surface area (Å²) in [5, 5.41) is 4.44. The number of nitrogens with zero attached hydrogens (tertiary/aromatic N) is 1. The van der Waals surface area contributed by atoms with Gasteiger partial charge in [-0.05, 0) is 43.3 Å². The van der Waals surface area contributed by atoms with Crippen molar-refractivity contribution < 1.29 is 23.0 Å². The molecule has 1 N–H and O–H groups in total. The highest BCUT2D eigenvalue weighted by molar-refractivity contribution is 6.30. The number of carbonyl (C=O) groups is 1. The number of hydrazone groups is 1. The normalized spacial score (nSPS) is 11.3. The molecule has 0 heterocycles. The molecule has 8 heteroatoms. The quantitative estimate of drug-likeness (QED) is 0.596. The molecule has 0 atom stereocenters. The van der Waals surface area contributed by atoms with Crippen LogP contribution in [0.5, 0.6) is 11.5 Å². The molecule has 2 aromatic rings. The van der Waals surface area contributed by atoms with Crippen molar-refractivity contribution in [3.63, 3.8) is 0 Å². The monoisotopic (exact) mass is 368 g/mol. The average Bonchev–Trinajstić information content (AvgIpc) is 2.59. The first-order valence-electron chi connectivity index (χ1n) is 7.21. The van der Waals surface area contributed by atoms with Gasteiger partial charge in [0.25, 0.3) is 5.91 Å². The van der Waals surface area contributed by atoms with E-state index in [-0.39, 0.29) is 12.4 Å². The van der Waals surface area contributed by atoms with Gasteiger partial charge in [-0.2, -0.15) is 13.9 Å². The fourth-order valence-corrected chi connectivity index (χ4v) is 2.01. The van der Waals surface area contributed by atoms with Crippen molar-refractivity contribution in [1.29, 1.82) is 0 Å². The van der Waals surface area contributed by atoms with Crippen LogP contribution < -0.4 is 14.9 Å². The molecule has 0 aliphatic carbocycles. The van der Waals surface area contributed by atoms with E-state index in [0.717, 1.165) is 0 Å². The maximum absolute atomic E-state index is 12.4. The van der Waals surface area contributed by atoms with Crippen molar-refractivity contribution in [3.8, 4) is 11.5 Å². The molecule has 0 bridgehead atoms. The van der Waals surface area contributed by atoms with Gasteiger partial charge in [0, 0.05) is 10.6 Å². The van der Waals surface area contributed by atoms with Crippen LogP contribution in [0.2, 0.25) is 5.02 Å². The third-order valence-corrected chi connectivity index (χ3v) is 3.28.